The van der Waals surface area contributed by atoms with E-state index in [-0.39, 0.29) is 0 Å². The van der Waals surface area contributed by atoms with Gasteiger partial charge in [-0.3, -0.25) is 0 Å². The van der Waals surface area contributed by atoms with Gasteiger partial charge in [-0.15, -0.1) is 11.3 Å². The largest absolute Gasteiger partial charge is 0.381 e. The van der Waals surface area contributed by atoms with Crippen LogP contribution in [-0.4, -0.2) is 24.0 Å². The van der Waals surface area contributed by atoms with Crippen molar-refractivity contribution >= 4 is 28.2 Å². The second kappa shape index (κ2) is 6.23. The first-order valence-corrected chi connectivity index (χ1v) is 6.21. The van der Waals surface area contributed by atoms with E-state index in [4.69, 9.17) is 10.5 Å². The lowest BCUT2D eigenvalue weighted by atomic mass is 10.6. The van der Waals surface area contributed by atoms with Gasteiger partial charge in [0.15, 0.2) is 5.13 Å². The molecule has 0 saturated carbocycles. The van der Waals surface area contributed by atoms with Gasteiger partial charge >= 0.3 is 0 Å². The standard InChI is InChI=1S/C8H14N2OS2/c1-2-11-3-4-12-5-7-6-13-8(9)10-7/h6H,2-5H2,1H3,(H2,9,10). The van der Waals surface area contributed by atoms with E-state index in [1.165, 1.54) is 11.3 Å². The number of rotatable bonds is 6. The third kappa shape index (κ3) is 4.50. The zero-order valence-corrected chi connectivity index (χ0v) is 9.29. The molecule has 2 N–H and O–H groups in total. The highest BCUT2D eigenvalue weighted by Gasteiger charge is 1.98. The van der Waals surface area contributed by atoms with Crippen LogP contribution in [0.2, 0.25) is 0 Å². The molecule has 3 nitrogen and oxygen atoms in total. The minimum absolute atomic E-state index is 0.653. The van der Waals surface area contributed by atoms with Crippen LogP contribution < -0.4 is 5.73 Å². The fourth-order valence-electron chi connectivity index (χ4n) is 0.828. The van der Waals surface area contributed by atoms with Crippen LogP contribution in [0.5, 0.6) is 0 Å². The van der Waals surface area contributed by atoms with Gasteiger partial charge in [0.05, 0.1) is 12.3 Å². The number of thiazole rings is 1. The Bertz CT molecular complexity index is 240. The number of nitrogen functional groups attached to an aromatic ring is 1. The molecule has 0 radical (unpaired) electrons. The molecule has 0 fully saturated rings. The van der Waals surface area contributed by atoms with Gasteiger partial charge in [-0.1, -0.05) is 0 Å². The summed E-state index contributed by atoms with van der Waals surface area (Å²) in [5, 5.41) is 2.66. The maximum Gasteiger partial charge on any atom is 0.180 e. The third-order valence-corrected chi connectivity index (χ3v) is 3.07. The highest BCUT2D eigenvalue weighted by molar-refractivity contribution is 7.98. The van der Waals surface area contributed by atoms with Gasteiger partial charge in [0.1, 0.15) is 0 Å². The molecular formula is C8H14N2OS2. The first-order chi connectivity index (χ1) is 6.33. The lowest BCUT2D eigenvalue weighted by Crippen LogP contribution is -1.96. The van der Waals surface area contributed by atoms with Crippen molar-refractivity contribution in [1.82, 2.24) is 4.98 Å². The lowest BCUT2D eigenvalue weighted by Gasteiger charge is -1.99. The molecule has 1 aromatic rings. The quantitative estimate of drug-likeness (QED) is 0.742. The molecule has 5 heteroatoms. The van der Waals surface area contributed by atoms with E-state index in [9.17, 15) is 0 Å². The van der Waals surface area contributed by atoms with Gasteiger partial charge in [0.2, 0.25) is 0 Å². The highest BCUT2D eigenvalue weighted by Crippen LogP contribution is 2.16. The molecule has 0 saturated heterocycles. The summed E-state index contributed by atoms with van der Waals surface area (Å²) in [6.07, 6.45) is 0. The third-order valence-electron chi connectivity index (χ3n) is 1.40. The molecule has 1 rings (SSSR count). The molecule has 0 bridgehead atoms. The number of anilines is 1. The van der Waals surface area contributed by atoms with Crippen molar-refractivity contribution in [3.8, 4) is 0 Å². The van der Waals surface area contributed by atoms with Crippen LogP contribution >= 0.6 is 23.1 Å². The van der Waals surface area contributed by atoms with Crippen LogP contribution in [0.3, 0.4) is 0 Å². The minimum Gasteiger partial charge on any atom is -0.381 e. The normalized spacial score (nSPS) is 10.5. The summed E-state index contributed by atoms with van der Waals surface area (Å²) in [6.45, 7) is 3.62. The monoisotopic (exact) mass is 218 g/mol. The molecule has 0 unspecified atom stereocenters. The topological polar surface area (TPSA) is 48.1 Å². The molecule has 1 aromatic heterocycles. The van der Waals surface area contributed by atoms with E-state index in [1.54, 1.807) is 0 Å². The molecule has 0 amide bonds. The van der Waals surface area contributed by atoms with E-state index in [1.807, 2.05) is 24.1 Å². The molecule has 0 atom stereocenters. The van der Waals surface area contributed by atoms with Gasteiger partial charge in [-0.25, -0.2) is 4.98 Å². The fraction of sp³-hybridized carbons (Fsp3) is 0.625. The maximum atomic E-state index is 5.50. The second-order valence-corrected chi connectivity index (χ2v) is 4.42. The molecule has 13 heavy (non-hydrogen) atoms. The van der Waals surface area contributed by atoms with Gasteiger partial charge < -0.3 is 10.5 Å². The van der Waals surface area contributed by atoms with Gasteiger partial charge in [-0.05, 0) is 6.92 Å². The molecule has 0 aromatic carbocycles. The van der Waals surface area contributed by atoms with Crippen molar-refractivity contribution in [3.05, 3.63) is 11.1 Å². The Kier molecular flexibility index (Phi) is 5.19. The average molecular weight is 218 g/mol. The van der Waals surface area contributed by atoms with Crippen LogP contribution in [0, 0.1) is 0 Å². The minimum atomic E-state index is 0.653. The lowest BCUT2D eigenvalue weighted by molar-refractivity contribution is 0.164. The Morgan fingerprint density at radius 2 is 2.54 bits per heavy atom. The Morgan fingerprint density at radius 1 is 1.69 bits per heavy atom. The van der Waals surface area contributed by atoms with E-state index >= 15 is 0 Å². The smallest absolute Gasteiger partial charge is 0.180 e. The summed E-state index contributed by atoms with van der Waals surface area (Å²) in [6, 6.07) is 0. The summed E-state index contributed by atoms with van der Waals surface area (Å²) in [5.41, 5.74) is 6.58. The molecule has 74 valence electrons. The van der Waals surface area contributed by atoms with E-state index in [2.05, 4.69) is 4.98 Å². The van der Waals surface area contributed by atoms with Crippen LogP contribution in [0.4, 0.5) is 5.13 Å². The summed E-state index contributed by atoms with van der Waals surface area (Å²) in [7, 11) is 0. The van der Waals surface area contributed by atoms with Crippen LogP contribution in [-0.2, 0) is 10.5 Å². The predicted octanol–water partition coefficient (Wildman–Crippen LogP) is 1.99. The Hall–Kier alpha value is -0.260. The van der Waals surface area contributed by atoms with Gasteiger partial charge in [-0.2, -0.15) is 11.8 Å². The second-order valence-electron chi connectivity index (χ2n) is 2.43. The Morgan fingerprint density at radius 3 is 3.15 bits per heavy atom. The summed E-state index contributed by atoms with van der Waals surface area (Å²) >= 11 is 3.32. The predicted molar refractivity (Wildman–Crippen MR) is 59.2 cm³/mol. The molecule has 0 aliphatic carbocycles. The van der Waals surface area contributed by atoms with E-state index in [0.29, 0.717) is 5.13 Å². The number of nitrogens with two attached hydrogens (primary N) is 1. The van der Waals surface area contributed by atoms with Crippen molar-refractivity contribution in [3.63, 3.8) is 0 Å². The molecular weight excluding hydrogens is 204 g/mol. The van der Waals surface area contributed by atoms with E-state index in [0.717, 1.165) is 30.4 Å². The number of nitrogens with zero attached hydrogens (tertiary/aromatic N) is 1. The average Bonchev–Trinajstić information content (AvgIpc) is 2.51. The number of aromatic nitrogens is 1. The number of ether oxygens (including phenoxy) is 1. The molecule has 0 aliphatic rings. The van der Waals surface area contributed by atoms with Crippen LogP contribution in [0.15, 0.2) is 5.38 Å². The van der Waals surface area contributed by atoms with Crippen molar-refractivity contribution in [2.75, 3.05) is 24.7 Å². The summed E-state index contributed by atoms with van der Waals surface area (Å²) < 4.78 is 5.21. The number of hydrogen-bond donors (Lipinski definition) is 1. The molecule has 1 heterocycles. The SMILES string of the molecule is CCOCCSCc1csc(N)n1. The molecule has 0 aliphatic heterocycles. The van der Waals surface area contributed by atoms with Crippen LogP contribution in [0.1, 0.15) is 12.6 Å². The van der Waals surface area contributed by atoms with Crippen molar-refractivity contribution in [2.24, 2.45) is 0 Å². The number of hydrogen-bond acceptors (Lipinski definition) is 5. The van der Waals surface area contributed by atoms with Gasteiger partial charge in [0.25, 0.3) is 0 Å². The highest BCUT2D eigenvalue weighted by atomic mass is 32.2. The fourth-order valence-corrected chi connectivity index (χ4v) is 2.23. The van der Waals surface area contributed by atoms with Crippen molar-refractivity contribution in [1.29, 1.82) is 0 Å². The van der Waals surface area contributed by atoms with E-state index < -0.39 is 0 Å². The molecule has 0 spiro atoms. The van der Waals surface area contributed by atoms with Crippen LogP contribution in [0.25, 0.3) is 0 Å². The van der Waals surface area contributed by atoms with Gasteiger partial charge in [0, 0.05) is 23.5 Å². The van der Waals surface area contributed by atoms with Crippen molar-refractivity contribution < 1.29 is 4.74 Å². The Balaban J connectivity index is 2.06. The number of thioether (sulfide) groups is 1. The summed E-state index contributed by atoms with van der Waals surface area (Å²) in [4.78, 5) is 4.16. The maximum absolute atomic E-state index is 5.50. The summed E-state index contributed by atoms with van der Waals surface area (Å²) in [5.74, 6) is 1.95. The Labute approximate surface area is 86.7 Å². The zero-order chi connectivity index (χ0) is 9.52. The zero-order valence-electron chi connectivity index (χ0n) is 7.66. The first kappa shape index (κ1) is 10.8. The first-order valence-electron chi connectivity index (χ1n) is 4.18. The van der Waals surface area contributed by atoms with Crippen molar-refractivity contribution in [2.45, 2.75) is 12.7 Å².